The van der Waals surface area contributed by atoms with Crippen LogP contribution in [0.3, 0.4) is 0 Å². The lowest BCUT2D eigenvalue weighted by Crippen LogP contribution is -2.16. The van der Waals surface area contributed by atoms with Crippen LogP contribution in [0.2, 0.25) is 0 Å². The van der Waals surface area contributed by atoms with Gasteiger partial charge in [-0.3, -0.25) is 9.40 Å². The molecule has 1 N–H and O–H groups in total. The average molecular weight is 307 g/mol. The summed E-state index contributed by atoms with van der Waals surface area (Å²) in [5, 5.41) is 4.08. The summed E-state index contributed by atoms with van der Waals surface area (Å²) in [6, 6.07) is 2.01. The molecule has 0 amide bonds. The molecule has 0 unspecified atom stereocenters. The van der Waals surface area contributed by atoms with E-state index in [-0.39, 0.29) is 0 Å². The first-order valence-electron chi connectivity index (χ1n) is 6.89. The van der Waals surface area contributed by atoms with Gasteiger partial charge in [-0.1, -0.05) is 6.07 Å². The van der Waals surface area contributed by atoms with E-state index in [2.05, 4.69) is 9.82 Å². The number of nitrogens with one attached hydrogen (secondary N) is 1. The third-order valence-electron chi connectivity index (χ3n) is 3.78. The molecule has 1 aromatic heterocycles. The maximum absolute atomic E-state index is 12.7. The molecule has 114 valence electrons. The fourth-order valence-corrected chi connectivity index (χ4v) is 4.03. The van der Waals surface area contributed by atoms with Gasteiger partial charge < -0.3 is 0 Å². The second kappa shape index (κ2) is 5.52. The summed E-state index contributed by atoms with van der Waals surface area (Å²) >= 11 is 0. The molecule has 0 fully saturated rings. The maximum atomic E-state index is 12.7. The average Bonchev–Trinajstić information content (AvgIpc) is 2.83. The van der Waals surface area contributed by atoms with Crippen molar-refractivity contribution in [2.45, 2.75) is 46.1 Å². The van der Waals surface area contributed by atoms with Crippen molar-refractivity contribution < 1.29 is 8.42 Å². The minimum atomic E-state index is -3.62. The van der Waals surface area contributed by atoms with Gasteiger partial charge >= 0.3 is 0 Å². The molecule has 0 radical (unpaired) electrons. The van der Waals surface area contributed by atoms with Crippen molar-refractivity contribution in [1.82, 2.24) is 9.78 Å². The quantitative estimate of drug-likeness (QED) is 0.944. The molecule has 0 bridgehead atoms. The summed E-state index contributed by atoms with van der Waals surface area (Å²) in [6.07, 6.45) is 3.21. The Balaban J connectivity index is 2.49. The first-order chi connectivity index (χ1) is 9.76. The fraction of sp³-hybridized carbons (Fsp3) is 0.400. The lowest BCUT2D eigenvalue weighted by molar-refractivity contribution is 0.599. The number of hydrogen-bond acceptors (Lipinski definition) is 3. The van der Waals surface area contributed by atoms with Crippen LogP contribution in [0.15, 0.2) is 23.4 Å². The van der Waals surface area contributed by atoms with Crippen LogP contribution >= 0.6 is 0 Å². The van der Waals surface area contributed by atoms with E-state index >= 15 is 0 Å². The van der Waals surface area contributed by atoms with Crippen LogP contribution in [0.4, 0.5) is 5.69 Å². The van der Waals surface area contributed by atoms with Crippen molar-refractivity contribution in [2.24, 2.45) is 0 Å². The van der Waals surface area contributed by atoms with E-state index in [1.807, 2.05) is 40.7 Å². The van der Waals surface area contributed by atoms with Crippen LogP contribution in [0, 0.1) is 27.7 Å². The van der Waals surface area contributed by atoms with Crippen LogP contribution in [0.5, 0.6) is 0 Å². The van der Waals surface area contributed by atoms with Crippen LogP contribution in [0.25, 0.3) is 0 Å². The minimum Gasteiger partial charge on any atom is -0.276 e. The molecule has 5 nitrogen and oxygen atoms in total. The minimum absolute atomic E-state index is 0.365. The number of benzene rings is 1. The lowest BCUT2D eigenvalue weighted by atomic mass is 10.0. The molecule has 1 heterocycles. The van der Waals surface area contributed by atoms with Crippen molar-refractivity contribution >= 4 is 15.7 Å². The van der Waals surface area contributed by atoms with Gasteiger partial charge in [-0.05, 0) is 56.9 Å². The number of hydrogen-bond donors (Lipinski definition) is 1. The molecule has 21 heavy (non-hydrogen) atoms. The Hall–Kier alpha value is -1.82. The predicted octanol–water partition coefficient (Wildman–Crippen LogP) is 2.94. The molecular formula is C15H21N3O2S. The second-order valence-electron chi connectivity index (χ2n) is 5.28. The summed E-state index contributed by atoms with van der Waals surface area (Å²) in [6.45, 7) is 10.2. The highest BCUT2D eigenvalue weighted by Crippen LogP contribution is 2.27. The zero-order valence-corrected chi connectivity index (χ0v) is 13.9. The van der Waals surface area contributed by atoms with Gasteiger partial charge in [-0.15, -0.1) is 0 Å². The van der Waals surface area contributed by atoms with Gasteiger partial charge in [0.2, 0.25) is 0 Å². The van der Waals surface area contributed by atoms with E-state index in [0.717, 1.165) is 22.3 Å². The first-order valence-corrected chi connectivity index (χ1v) is 8.37. The van der Waals surface area contributed by atoms with Crippen molar-refractivity contribution in [3.8, 4) is 0 Å². The number of nitrogens with zero attached hydrogens (tertiary/aromatic N) is 2. The number of aromatic nitrogens is 2. The summed E-state index contributed by atoms with van der Waals surface area (Å²) < 4.78 is 29.7. The Morgan fingerprint density at radius 1 is 1.14 bits per heavy atom. The molecule has 0 aliphatic heterocycles. The molecule has 0 aliphatic carbocycles. The summed E-state index contributed by atoms with van der Waals surface area (Å²) in [7, 11) is -3.62. The maximum Gasteiger partial charge on any atom is 0.262 e. The largest absolute Gasteiger partial charge is 0.276 e. The predicted molar refractivity (Wildman–Crippen MR) is 84.1 cm³/mol. The molecule has 2 aromatic rings. The van der Waals surface area contributed by atoms with Crippen LogP contribution in [0.1, 0.15) is 29.2 Å². The molecule has 0 atom stereocenters. The topological polar surface area (TPSA) is 64.0 Å². The van der Waals surface area contributed by atoms with E-state index in [1.165, 1.54) is 6.20 Å². The Labute approximate surface area is 126 Å². The lowest BCUT2D eigenvalue weighted by Gasteiger charge is -2.16. The molecule has 0 saturated carbocycles. The van der Waals surface area contributed by atoms with E-state index in [9.17, 15) is 8.42 Å². The van der Waals surface area contributed by atoms with Gasteiger partial charge in [0.15, 0.2) is 0 Å². The van der Waals surface area contributed by atoms with E-state index in [1.54, 1.807) is 10.9 Å². The fourth-order valence-electron chi connectivity index (χ4n) is 2.38. The summed E-state index contributed by atoms with van der Waals surface area (Å²) in [5.41, 5.74) is 4.00. The Morgan fingerprint density at radius 2 is 1.71 bits per heavy atom. The molecule has 2 rings (SSSR count). The Bertz CT molecular complexity index is 750. The Morgan fingerprint density at radius 3 is 2.19 bits per heavy atom. The highest BCUT2D eigenvalue weighted by Gasteiger charge is 2.22. The zero-order chi connectivity index (χ0) is 15.8. The SMILES string of the molecule is CCn1cc(NS(=O)(=O)c2c(C)c(C)cc(C)c2C)cn1. The van der Waals surface area contributed by atoms with Crippen LogP contribution < -0.4 is 4.72 Å². The van der Waals surface area contributed by atoms with Gasteiger partial charge in [0.1, 0.15) is 0 Å². The third-order valence-corrected chi connectivity index (χ3v) is 5.43. The van der Waals surface area contributed by atoms with Gasteiger partial charge in [0.05, 0.1) is 16.8 Å². The van der Waals surface area contributed by atoms with Gasteiger partial charge in [0, 0.05) is 12.7 Å². The van der Waals surface area contributed by atoms with E-state index < -0.39 is 10.0 Å². The number of aryl methyl sites for hydroxylation is 3. The smallest absolute Gasteiger partial charge is 0.262 e. The molecule has 1 aromatic carbocycles. The Kier molecular flexibility index (Phi) is 4.09. The van der Waals surface area contributed by atoms with Gasteiger partial charge in [-0.25, -0.2) is 8.42 Å². The zero-order valence-electron chi connectivity index (χ0n) is 13.1. The van der Waals surface area contributed by atoms with Crippen molar-refractivity contribution in [2.75, 3.05) is 4.72 Å². The van der Waals surface area contributed by atoms with Crippen LogP contribution in [-0.2, 0) is 16.6 Å². The van der Waals surface area contributed by atoms with Gasteiger partial charge in [-0.2, -0.15) is 5.10 Å². The van der Waals surface area contributed by atoms with Crippen molar-refractivity contribution in [3.05, 3.63) is 40.7 Å². The first kappa shape index (κ1) is 15.6. The number of rotatable bonds is 4. The summed E-state index contributed by atoms with van der Waals surface area (Å²) in [5.74, 6) is 0. The molecule has 6 heteroatoms. The standard InChI is InChI=1S/C15H21N3O2S/c1-6-18-9-14(8-16-18)17-21(19,20)15-12(4)10(2)7-11(3)13(15)5/h7-9,17H,6H2,1-5H3. The second-order valence-corrected chi connectivity index (χ2v) is 6.90. The molecule has 0 aliphatic rings. The van der Waals surface area contributed by atoms with Crippen LogP contribution in [-0.4, -0.2) is 18.2 Å². The highest BCUT2D eigenvalue weighted by molar-refractivity contribution is 7.92. The molecule has 0 saturated heterocycles. The monoisotopic (exact) mass is 307 g/mol. The van der Waals surface area contributed by atoms with Gasteiger partial charge in [0.25, 0.3) is 10.0 Å². The normalized spacial score (nSPS) is 11.7. The molecular weight excluding hydrogens is 286 g/mol. The molecule has 0 spiro atoms. The summed E-state index contributed by atoms with van der Waals surface area (Å²) in [4.78, 5) is 0.365. The third kappa shape index (κ3) is 2.95. The van der Waals surface area contributed by atoms with Crippen molar-refractivity contribution in [1.29, 1.82) is 0 Å². The van der Waals surface area contributed by atoms with E-state index in [0.29, 0.717) is 17.1 Å². The van der Waals surface area contributed by atoms with Crippen molar-refractivity contribution in [3.63, 3.8) is 0 Å². The number of sulfonamides is 1. The number of anilines is 1. The highest BCUT2D eigenvalue weighted by atomic mass is 32.2. The van der Waals surface area contributed by atoms with E-state index in [4.69, 9.17) is 0 Å².